The van der Waals surface area contributed by atoms with Crippen molar-refractivity contribution in [2.75, 3.05) is 18.5 Å². The molecule has 0 aliphatic rings. The van der Waals surface area contributed by atoms with Crippen LogP contribution in [0, 0.1) is 6.92 Å². The topological polar surface area (TPSA) is 55.4 Å². The first-order valence-electron chi connectivity index (χ1n) is 5.01. The highest BCUT2D eigenvalue weighted by atomic mass is 16.5. The molecular weight excluding hydrogens is 206 g/mol. The van der Waals surface area contributed by atoms with Gasteiger partial charge in [0, 0.05) is 5.69 Å². The summed E-state index contributed by atoms with van der Waals surface area (Å²) >= 11 is 0. The molecule has 1 N–H and O–H groups in total. The Morgan fingerprint density at radius 2 is 1.81 bits per heavy atom. The number of amides is 1. The van der Waals surface area contributed by atoms with Gasteiger partial charge < -0.3 is 10.1 Å². The number of benzene rings is 1. The van der Waals surface area contributed by atoms with Crippen LogP contribution in [0.2, 0.25) is 0 Å². The van der Waals surface area contributed by atoms with Gasteiger partial charge in [-0.25, -0.2) is 0 Å². The predicted molar refractivity (Wildman–Crippen MR) is 61.3 cm³/mol. The first-order valence-corrected chi connectivity index (χ1v) is 5.01. The molecule has 0 saturated heterocycles. The van der Waals surface area contributed by atoms with Crippen LogP contribution in [0.15, 0.2) is 24.3 Å². The number of ketones is 1. The van der Waals surface area contributed by atoms with Gasteiger partial charge in [0.2, 0.25) is 5.91 Å². The maximum absolute atomic E-state index is 11.3. The number of rotatable bonds is 5. The summed E-state index contributed by atoms with van der Waals surface area (Å²) in [6, 6.07) is 7.45. The van der Waals surface area contributed by atoms with Gasteiger partial charge >= 0.3 is 0 Å². The minimum atomic E-state index is -0.259. The minimum Gasteiger partial charge on any atom is -0.364 e. The molecule has 0 radical (unpaired) electrons. The van der Waals surface area contributed by atoms with Crippen molar-refractivity contribution in [3.05, 3.63) is 29.8 Å². The highest BCUT2D eigenvalue weighted by Crippen LogP contribution is 2.08. The number of ether oxygens (including phenoxy) is 1. The van der Waals surface area contributed by atoms with E-state index in [2.05, 4.69) is 5.32 Å². The van der Waals surface area contributed by atoms with Crippen molar-refractivity contribution in [1.82, 2.24) is 0 Å². The lowest BCUT2D eigenvalue weighted by Gasteiger charge is -2.05. The lowest BCUT2D eigenvalue weighted by atomic mass is 10.2. The van der Waals surface area contributed by atoms with Crippen molar-refractivity contribution in [1.29, 1.82) is 0 Å². The third kappa shape index (κ3) is 4.70. The van der Waals surface area contributed by atoms with Crippen LogP contribution in [0.1, 0.15) is 12.5 Å². The number of carbonyl (C=O) groups is 2. The largest absolute Gasteiger partial charge is 0.364 e. The van der Waals surface area contributed by atoms with Crippen molar-refractivity contribution in [3.8, 4) is 0 Å². The van der Waals surface area contributed by atoms with E-state index in [1.165, 1.54) is 6.92 Å². The summed E-state index contributed by atoms with van der Waals surface area (Å²) in [6.45, 7) is 3.26. The van der Waals surface area contributed by atoms with Crippen LogP contribution in [0.4, 0.5) is 5.69 Å². The van der Waals surface area contributed by atoms with Crippen molar-refractivity contribution in [2.45, 2.75) is 13.8 Å². The summed E-state index contributed by atoms with van der Waals surface area (Å²) in [4.78, 5) is 21.9. The van der Waals surface area contributed by atoms with E-state index in [0.717, 1.165) is 11.3 Å². The Balaban J connectivity index is 2.34. The molecule has 0 aliphatic heterocycles. The normalized spacial score (nSPS) is 9.88. The monoisotopic (exact) mass is 221 g/mol. The molecule has 4 heteroatoms. The molecule has 1 aromatic rings. The van der Waals surface area contributed by atoms with Gasteiger partial charge in [-0.3, -0.25) is 9.59 Å². The molecule has 1 rings (SSSR count). The van der Waals surface area contributed by atoms with Crippen LogP contribution in [-0.2, 0) is 14.3 Å². The zero-order valence-electron chi connectivity index (χ0n) is 9.45. The van der Waals surface area contributed by atoms with Crippen molar-refractivity contribution < 1.29 is 14.3 Å². The molecule has 0 saturated carbocycles. The Hall–Kier alpha value is -1.68. The fourth-order valence-electron chi connectivity index (χ4n) is 1.12. The molecule has 16 heavy (non-hydrogen) atoms. The number of Topliss-reactive ketones (excluding diaryl/α,β-unsaturated/α-hetero) is 1. The highest BCUT2D eigenvalue weighted by molar-refractivity contribution is 5.91. The summed E-state index contributed by atoms with van der Waals surface area (Å²) in [5, 5.41) is 2.67. The van der Waals surface area contributed by atoms with Gasteiger partial charge in [-0.1, -0.05) is 17.7 Å². The van der Waals surface area contributed by atoms with Crippen molar-refractivity contribution in [2.24, 2.45) is 0 Å². The molecule has 0 aromatic heterocycles. The van der Waals surface area contributed by atoms with Gasteiger partial charge in [-0.05, 0) is 26.0 Å². The summed E-state index contributed by atoms with van der Waals surface area (Å²) in [7, 11) is 0. The molecule has 0 atom stereocenters. The summed E-state index contributed by atoms with van der Waals surface area (Å²) in [5.41, 5.74) is 1.85. The molecule has 0 spiro atoms. The quantitative estimate of drug-likeness (QED) is 0.820. The standard InChI is InChI=1S/C12H15NO3/c1-9-3-5-11(6-4-9)13-12(15)8-16-7-10(2)14/h3-6H,7-8H2,1-2H3,(H,13,15). The third-order valence-electron chi connectivity index (χ3n) is 1.87. The van der Waals surface area contributed by atoms with E-state index in [1.54, 1.807) is 0 Å². The molecule has 0 bridgehead atoms. The van der Waals surface area contributed by atoms with E-state index in [4.69, 9.17) is 4.74 Å². The van der Waals surface area contributed by atoms with Crippen LogP contribution in [0.25, 0.3) is 0 Å². The molecule has 1 amide bonds. The Morgan fingerprint density at radius 3 is 2.38 bits per heavy atom. The fraction of sp³-hybridized carbons (Fsp3) is 0.333. The number of aryl methyl sites for hydroxylation is 1. The molecule has 0 unspecified atom stereocenters. The second-order valence-corrected chi connectivity index (χ2v) is 3.61. The molecule has 0 fully saturated rings. The van der Waals surface area contributed by atoms with Crippen LogP contribution in [0.3, 0.4) is 0 Å². The Labute approximate surface area is 94.6 Å². The Morgan fingerprint density at radius 1 is 1.19 bits per heavy atom. The third-order valence-corrected chi connectivity index (χ3v) is 1.87. The van der Waals surface area contributed by atoms with Crippen molar-refractivity contribution >= 4 is 17.4 Å². The van der Waals surface area contributed by atoms with Crippen LogP contribution < -0.4 is 5.32 Å². The first kappa shape index (κ1) is 12.4. The van der Waals surface area contributed by atoms with E-state index in [9.17, 15) is 9.59 Å². The van der Waals surface area contributed by atoms with Gasteiger partial charge in [0.1, 0.15) is 13.2 Å². The maximum atomic E-state index is 11.3. The van der Waals surface area contributed by atoms with Crippen LogP contribution >= 0.6 is 0 Å². The Kier molecular flexibility index (Phi) is 4.66. The highest BCUT2D eigenvalue weighted by Gasteiger charge is 2.02. The molecule has 1 aromatic carbocycles. The second-order valence-electron chi connectivity index (χ2n) is 3.61. The van der Waals surface area contributed by atoms with Gasteiger partial charge in [0.25, 0.3) is 0 Å². The zero-order valence-corrected chi connectivity index (χ0v) is 9.45. The lowest BCUT2D eigenvalue weighted by molar-refractivity contribution is -0.125. The summed E-state index contributed by atoms with van der Waals surface area (Å²) in [5.74, 6) is -0.353. The lowest BCUT2D eigenvalue weighted by Crippen LogP contribution is -2.20. The van der Waals surface area contributed by atoms with E-state index in [1.807, 2.05) is 31.2 Å². The molecule has 4 nitrogen and oxygen atoms in total. The number of hydrogen-bond acceptors (Lipinski definition) is 3. The fourth-order valence-corrected chi connectivity index (χ4v) is 1.12. The Bertz CT molecular complexity index is 370. The minimum absolute atomic E-state index is 0.0265. The predicted octanol–water partition coefficient (Wildman–Crippen LogP) is 1.54. The maximum Gasteiger partial charge on any atom is 0.250 e. The summed E-state index contributed by atoms with van der Waals surface area (Å²) < 4.78 is 4.89. The van der Waals surface area contributed by atoms with E-state index in [0.29, 0.717) is 0 Å². The smallest absolute Gasteiger partial charge is 0.250 e. The number of carbonyl (C=O) groups excluding carboxylic acids is 2. The number of hydrogen-bond donors (Lipinski definition) is 1. The van der Waals surface area contributed by atoms with Gasteiger partial charge in [0.15, 0.2) is 5.78 Å². The average Bonchev–Trinajstić information content (AvgIpc) is 2.21. The van der Waals surface area contributed by atoms with Crippen molar-refractivity contribution in [3.63, 3.8) is 0 Å². The molecule has 0 heterocycles. The number of nitrogens with one attached hydrogen (secondary N) is 1. The zero-order chi connectivity index (χ0) is 12.0. The summed E-state index contributed by atoms with van der Waals surface area (Å²) in [6.07, 6.45) is 0. The molecular formula is C12H15NO3. The van der Waals surface area contributed by atoms with Gasteiger partial charge in [-0.15, -0.1) is 0 Å². The first-order chi connectivity index (χ1) is 7.58. The van der Waals surface area contributed by atoms with Gasteiger partial charge in [0.05, 0.1) is 0 Å². The number of anilines is 1. The van der Waals surface area contributed by atoms with Crippen LogP contribution in [0.5, 0.6) is 0 Å². The molecule has 0 aliphatic carbocycles. The van der Waals surface area contributed by atoms with Gasteiger partial charge in [-0.2, -0.15) is 0 Å². The SMILES string of the molecule is CC(=O)COCC(=O)Nc1ccc(C)cc1. The van der Waals surface area contributed by atoms with Crippen LogP contribution in [-0.4, -0.2) is 24.9 Å². The average molecular weight is 221 g/mol. The van der Waals surface area contributed by atoms with E-state index in [-0.39, 0.29) is 24.9 Å². The van der Waals surface area contributed by atoms with E-state index < -0.39 is 0 Å². The molecule has 86 valence electrons. The second kappa shape index (κ2) is 6.02. The van der Waals surface area contributed by atoms with E-state index >= 15 is 0 Å².